The normalized spacial score (nSPS) is 19.3. The van der Waals surface area contributed by atoms with E-state index in [1.165, 1.54) is 12.0 Å². The van der Waals surface area contributed by atoms with Crippen LogP contribution in [0.5, 0.6) is 0 Å². The van der Waals surface area contributed by atoms with E-state index < -0.39 is 0 Å². The molecule has 2 fully saturated rings. The van der Waals surface area contributed by atoms with Crippen LogP contribution in [0.4, 0.5) is 17.2 Å². The fraction of sp³-hybridized carbons (Fsp3) is 0.345. The summed E-state index contributed by atoms with van der Waals surface area (Å²) in [5, 5.41) is 6.52. The third-order valence-electron chi connectivity index (χ3n) is 7.18. The summed E-state index contributed by atoms with van der Waals surface area (Å²) in [4.78, 5) is 27.1. The molecule has 2 aromatic heterocycles. The van der Waals surface area contributed by atoms with Crippen LogP contribution >= 0.6 is 0 Å². The molecule has 0 radical (unpaired) electrons. The van der Waals surface area contributed by atoms with Gasteiger partial charge in [-0.25, -0.2) is 4.98 Å². The molecule has 6 rings (SSSR count). The third kappa shape index (κ3) is 5.21. The molecule has 2 saturated heterocycles. The van der Waals surface area contributed by atoms with Crippen LogP contribution < -0.4 is 15.5 Å². The number of pyridine rings is 2. The van der Waals surface area contributed by atoms with Gasteiger partial charge in [0.25, 0.3) is 5.91 Å². The topological polar surface area (TPSA) is 82.6 Å². The van der Waals surface area contributed by atoms with Gasteiger partial charge in [0.05, 0.1) is 25.1 Å². The molecule has 0 saturated carbocycles. The Kier molecular flexibility index (Phi) is 6.59. The van der Waals surface area contributed by atoms with Gasteiger partial charge in [0.15, 0.2) is 0 Å². The van der Waals surface area contributed by atoms with E-state index in [1.807, 2.05) is 37.5 Å². The number of hydrogen-bond acceptors (Lipinski definition) is 7. The number of amides is 1. The zero-order chi connectivity index (χ0) is 25.2. The highest BCUT2D eigenvalue weighted by molar-refractivity contribution is 6.27. The Morgan fingerprint density at radius 3 is 2.68 bits per heavy atom. The molecule has 1 amide bonds. The summed E-state index contributed by atoms with van der Waals surface area (Å²) < 4.78 is 5.47. The summed E-state index contributed by atoms with van der Waals surface area (Å²) in [5.41, 5.74) is 6.44. The average Bonchev–Trinajstić information content (AvgIpc) is 2.89. The lowest BCUT2D eigenvalue weighted by Crippen LogP contribution is -2.37. The molecule has 0 aliphatic carbocycles. The largest absolute Gasteiger partial charge is 0.379 e. The molecule has 8 heteroatoms. The predicted molar refractivity (Wildman–Crippen MR) is 147 cm³/mol. The second-order valence-corrected chi connectivity index (χ2v) is 9.94. The first kappa shape index (κ1) is 23.6. The van der Waals surface area contributed by atoms with Gasteiger partial charge in [0.1, 0.15) is 5.82 Å². The maximum atomic E-state index is 13.4. The van der Waals surface area contributed by atoms with E-state index in [4.69, 9.17) is 4.74 Å². The van der Waals surface area contributed by atoms with Crippen LogP contribution in [0, 0.1) is 0 Å². The number of aromatic nitrogens is 2. The molecule has 1 atom stereocenters. The molecule has 0 spiro atoms. The molecule has 0 bridgehead atoms. The number of hydrogen-bond donors (Lipinski definition) is 2. The van der Waals surface area contributed by atoms with Crippen molar-refractivity contribution in [2.75, 3.05) is 54.9 Å². The van der Waals surface area contributed by atoms with Gasteiger partial charge in [0, 0.05) is 73.5 Å². The van der Waals surface area contributed by atoms with Gasteiger partial charge in [-0.2, -0.15) is 0 Å². The Morgan fingerprint density at radius 1 is 1.05 bits per heavy atom. The van der Waals surface area contributed by atoms with Gasteiger partial charge in [-0.3, -0.25) is 14.7 Å². The third-order valence-corrected chi connectivity index (χ3v) is 7.18. The lowest BCUT2D eigenvalue weighted by atomic mass is 9.93. The molecular weight excluding hydrogens is 464 g/mol. The molecule has 2 N–H and O–H groups in total. The smallest absolute Gasteiger partial charge is 0.256 e. The monoisotopic (exact) mass is 496 g/mol. The number of ether oxygens (including phenoxy) is 1. The fourth-order valence-corrected chi connectivity index (χ4v) is 5.04. The Hall–Kier alpha value is -3.75. The Morgan fingerprint density at radius 2 is 1.92 bits per heavy atom. The highest BCUT2D eigenvalue weighted by Crippen LogP contribution is 2.34. The van der Waals surface area contributed by atoms with Crippen molar-refractivity contribution in [2.24, 2.45) is 0 Å². The number of morpholine rings is 1. The fourth-order valence-electron chi connectivity index (χ4n) is 5.04. The van der Waals surface area contributed by atoms with Crippen LogP contribution in [0.3, 0.4) is 0 Å². The number of anilines is 3. The molecule has 3 aliphatic rings. The van der Waals surface area contributed by atoms with E-state index in [1.54, 1.807) is 6.20 Å². The van der Waals surface area contributed by atoms with Crippen LogP contribution in [0.2, 0.25) is 0 Å². The van der Waals surface area contributed by atoms with Crippen LogP contribution in [0.1, 0.15) is 24.5 Å². The molecular formula is C29H32N6O2. The number of fused-ring (bicyclic) bond motifs is 1. The zero-order valence-corrected chi connectivity index (χ0v) is 21.1. The van der Waals surface area contributed by atoms with E-state index in [0.717, 1.165) is 74.1 Å². The van der Waals surface area contributed by atoms with Crippen molar-refractivity contribution >= 4 is 28.7 Å². The lowest BCUT2D eigenvalue weighted by Gasteiger charge is -2.31. The van der Waals surface area contributed by atoms with Crippen molar-refractivity contribution in [3.8, 4) is 11.1 Å². The number of carbonyl (C=O) groups excluding carboxylic acids is 1. The predicted octanol–water partition coefficient (Wildman–Crippen LogP) is 4.02. The molecule has 3 aromatic rings. The maximum Gasteiger partial charge on any atom is 0.256 e. The molecule has 5 heterocycles. The molecule has 1 aromatic carbocycles. The highest BCUT2D eigenvalue weighted by atomic mass is 16.5. The van der Waals surface area contributed by atoms with Crippen LogP contribution in [-0.2, 0) is 16.1 Å². The van der Waals surface area contributed by atoms with Crippen molar-refractivity contribution in [3.63, 3.8) is 0 Å². The number of rotatable bonds is 6. The minimum Gasteiger partial charge on any atom is -0.379 e. The second-order valence-electron chi connectivity index (χ2n) is 9.94. The van der Waals surface area contributed by atoms with E-state index in [-0.39, 0.29) is 11.9 Å². The lowest BCUT2D eigenvalue weighted by molar-refractivity contribution is -0.111. The van der Waals surface area contributed by atoms with Crippen molar-refractivity contribution < 1.29 is 9.53 Å². The molecule has 3 aliphatic heterocycles. The summed E-state index contributed by atoms with van der Waals surface area (Å²) in [6.45, 7) is 8.42. The standard InChI is InChI=1S/C29H32N6O2/c1-20-13-26(29(36)33-24-4-6-28(31-18-24)35-7-2-8-35)25-15-22(3-5-27(25)32-20)23-14-21(16-30-17-23)19-34-9-11-37-12-10-34/h3-6,13-18,20,32H,2,7-12,19H2,1H3,(H,33,36). The van der Waals surface area contributed by atoms with Crippen LogP contribution in [0.25, 0.3) is 16.7 Å². The first-order valence-corrected chi connectivity index (χ1v) is 13.0. The van der Waals surface area contributed by atoms with Crippen molar-refractivity contribution in [3.05, 3.63) is 72.2 Å². The van der Waals surface area contributed by atoms with Gasteiger partial charge in [-0.15, -0.1) is 0 Å². The molecule has 8 nitrogen and oxygen atoms in total. The van der Waals surface area contributed by atoms with E-state index in [0.29, 0.717) is 11.3 Å². The Balaban J connectivity index is 1.22. The summed E-state index contributed by atoms with van der Waals surface area (Å²) in [5.74, 6) is 0.822. The van der Waals surface area contributed by atoms with Crippen molar-refractivity contribution in [1.82, 2.24) is 14.9 Å². The van der Waals surface area contributed by atoms with Crippen LogP contribution in [-0.4, -0.2) is 66.2 Å². The van der Waals surface area contributed by atoms with Gasteiger partial charge in [-0.1, -0.05) is 6.07 Å². The minimum atomic E-state index is -0.135. The van der Waals surface area contributed by atoms with Crippen LogP contribution in [0.15, 0.2) is 61.1 Å². The quantitative estimate of drug-likeness (QED) is 0.533. The summed E-state index contributed by atoms with van der Waals surface area (Å²) in [6.07, 6.45) is 8.74. The van der Waals surface area contributed by atoms with Gasteiger partial charge >= 0.3 is 0 Å². The maximum absolute atomic E-state index is 13.4. The SMILES string of the molecule is CC1C=C(C(=O)Nc2ccc(N3CCC3)nc2)c2cc(-c3cncc(CN4CCOCC4)c3)ccc2N1. The summed E-state index contributed by atoms with van der Waals surface area (Å²) in [7, 11) is 0. The minimum absolute atomic E-state index is 0.0459. The van der Waals surface area contributed by atoms with Gasteiger partial charge < -0.3 is 20.3 Å². The summed E-state index contributed by atoms with van der Waals surface area (Å²) >= 11 is 0. The first-order valence-electron chi connectivity index (χ1n) is 13.0. The number of nitrogens with one attached hydrogen (secondary N) is 2. The Bertz CT molecular complexity index is 1310. The van der Waals surface area contributed by atoms with Crippen molar-refractivity contribution in [2.45, 2.75) is 25.9 Å². The summed E-state index contributed by atoms with van der Waals surface area (Å²) in [6, 6.07) is 12.4. The first-order chi connectivity index (χ1) is 18.1. The molecule has 190 valence electrons. The van der Waals surface area contributed by atoms with E-state index >= 15 is 0 Å². The van der Waals surface area contributed by atoms with E-state index in [9.17, 15) is 4.79 Å². The Labute approximate surface area is 217 Å². The number of benzene rings is 1. The van der Waals surface area contributed by atoms with Crippen molar-refractivity contribution in [1.29, 1.82) is 0 Å². The molecule has 37 heavy (non-hydrogen) atoms. The number of nitrogens with zero attached hydrogens (tertiary/aromatic N) is 4. The molecule has 1 unspecified atom stereocenters. The second kappa shape index (κ2) is 10.3. The van der Waals surface area contributed by atoms with Gasteiger partial charge in [-0.05, 0) is 60.9 Å². The zero-order valence-electron chi connectivity index (χ0n) is 21.1. The average molecular weight is 497 g/mol. The highest BCUT2D eigenvalue weighted by Gasteiger charge is 2.23. The van der Waals surface area contributed by atoms with Gasteiger partial charge in [0.2, 0.25) is 0 Å². The number of carbonyl (C=O) groups is 1. The van der Waals surface area contributed by atoms with E-state index in [2.05, 4.69) is 54.7 Å².